The summed E-state index contributed by atoms with van der Waals surface area (Å²) in [6.07, 6.45) is 6.42. The van der Waals surface area contributed by atoms with E-state index in [1.165, 1.54) is 12.8 Å². The number of nitrogens with one attached hydrogen (secondary N) is 1. The van der Waals surface area contributed by atoms with E-state index < -0.39 is 0 Å². The quantitative estimate of drug-likeness (QED) is 0.862. The highest BCUT2D eigenvalue weighted by molar-refractivity contribution is 5.31. The monoisotopic (exact) mass is 236 g/mol. The van der Waals surface area contributed by atoms with Gasteiger partial charge in [0.2, 0.25) is 5.95 Å². The third kappa shape index (κ3) is 2.80. The lowest BCUT2D eigenvalue weighted by Crippen LogP contribution is -2.42. The summed E-state index contributed by atoms with van der Waals surface area (Å²) >= 11 is 0. The number of hydrogen-bond donors (Lipinski definition) is 1. The van der Waals surface area contributed by atoms with Crippen LogP contribution >= 0.6 is 0 Å². The van der Waals surface area contributed by atoms with Gasteiger partial charge >= 0.3 is 0 Å². The van der Waals surface area contributed by atoms with Gasteiger partial charge in [0.25, 0.3) is 0 Å². The van der Waals surface area contributed by atoms with Crippen molar-refractivity contribution in [2.24, 2.45) is 13.0 Å². The first kappa shape index (κ1) is 12.4. The van der Waals surface area contributed by atoms with Crippen molar-refractivity contribution in [1.29, 1.82) is 0 Å². The van der Waals surface area contributed by atoms with Crippen LogP contribution in [0.4, 0.5) is 5.95 Å². The average Bonchev–Trinajstić information content (AvgIpc) is 2.76. The van der Waals surface area contributed by atoms with Crippen LogP contribution in [0.3, 0.4) is 0 Å². The largest absolute Gasteiger partial charge is 0.342 e. The first-order chi connectivity index (χ1) is 8.22. The first-order valence-corrected chi connectivity index (χ1v) is 6.68. The van der Waals surface area contributed by atoms with Gasteiger partial charge in [-0.05, 0) is 32.2 Å². The molecule has 2 rings (SSSR count). The van der Waals surface area contributed by atoms with Gasteiger partial charge in [-0.15, -0.1) is 0 Å². The molecule has 17 heavy (non-hydrogen) atoms. The van der Waals surface area contributed by atoms with Crippen LogP contribution in [0.15, 0.2) is 12.4 Å². The van der Waals surface area contributed by atoms with E-state index in [1.807, 2.05) is 12.4 Å². The smallest absolute Gasteiger partial charge is 0.205 e. The third-order valence-corrected chi connectivity index (χ3v) is 3.85. The van der Waals surface area contributed by atoms with Gasteiger partial charge in [-0.1, -0.05) is 6.92 Å². The van der Waals surface area contributed by atoms with Gasteiger partial charge in [0.15, 0.2) is 0 Å². The molecule has 1 fully saturated rings. The van der Waals surface area contributed by atoms with Crippen LogP contribution in [0, 0.1) is 5.92 Å². The maximum absolute atomic E-state index is 4.42. The van der Waals surface area contributed by atoms with E-state index in [1.54, 1.807) is 0 Å². The number of nitrogens with zero attached hydrogens (tertiary/aromatic N) is 3. The van der Waals surface area contributed by atoms with Crippen molar-refractivity contribution in [3.05, 3.63) is 12.4 Å². The van der Waals surface area contributed by atoms with Crippen molar-refractivity contribution >= 4 is 5.95 Å². The Labute approximate surface area is 104 Å². The maximum Gasteiger partial charge on any atom is 0.205 e. The summed E-state index contributed by atoms with van der Waals surface area (Å²) in [5, 5.41) is 3.54. The second-order valence-electron chi connectivity index (χ2n) is 5.01. The number of aromatic nitrogens is 2. The second kappa shape index (κ2) is 5.54. The zero-order valence-electron chi connectivity index (χ0n) is 11.2. The number of rotatable bonds is 4. The van der Waals surface area contributed by atoms with Crippen molar-refractivity contribution < 1.29 is 0 Å². The molecule has 96 valence electrons. The molecule has 0 bridgehead atoms. The summed E-state index contributed by atoms with van der Waals surface area (Å²) in [5.41, 5.74) is 0. The Morgan fingerprint density at radius 1 is 1.47 bits per heavy atom. The Morgan fingerprint density at radius 3 is 2.71 bits per heavy atom. The van der Waals surface area contributed by atoms with Crippen molar-refractivity contribution in [2.75, 3.05) is 24.5 Å². The zero-order chi connectivity index (χ0) is 12.3. The molecule has 0 aromatic carbocycles. The number of piperidine rings is 1. The molecule has 0 spiro atoms. The fourth-order valence-electron chi connectivity index (χ4n) is 2.75. The van der Waals surface area contributed by atoms with Gasteiger partial charge in [0.05, 0.1) is 0 Å². The summed E-state index contributed by atoms with van der Waals surface area (Å²) in [6, 6.07) is 0.642. The van der Waals surface area contributed by atoms with Gasteiger partial charge in [-0.3, -0.25) is 0 Å². The Bertz CT molecular complexity index is 339. The lowest BCUT2D eigenvalue weighted by atomic mass is 9.90. The van der Waals surface area contributed by atoms with Crippen LogP contribution in [-0.4, -0.2) is 35.2 Å². The standard InChI is InChI=1S/C13H24N4/c1-4-14-11(2)12-5-8-17(9-6-12)13-15-7-10-16(13)3/h7,10-12,14H,4-6,8-9H2,1-3H3. The van der Waals surface area contributed by atoms with Gasteiger partial charge in [0, 0.05) is 38.6 Å². The van der Waals surface area contributed by atoms with Crippen LogP contribution in [0.2, 0.25) is 0 Å². The molecule has 1 N–H and O–H groups in total. The predicted molar refractivity (Wildman–Crippen MR) is 71.3 cm³/mol. The molecule has 1 aromatic rings. The highest BCUT2D eigenvalue weighted by Gasteiger charge is 2.24. The highest BCUT2D eigenvalue weighted by Crippen LogP contribution is 2.23. The van der Waals surface area contributed by atoms with Crippen molar-refractivity contribution in [3.63, 3.8) is 0 Å². The van der Waals surface area contributed by atoms with E-state index in [0.717, 1.165) is 31.5 Å². The minimum atomic E-state index is 0.642. The van der Waals surface area contributed by atoms with E-state index >= 15 is 0 Å². The molecule has 0 radical (unpaired) electrons. The van der Waals surface area contributed by atoms with Crippen LogP contribution < -0.4 is 10.2 Å². The molecule has 1 aliphatic rings. The lowest BCUT2D eigenvalue weighted by Gasteiger charge is -2.35. The fourth-order valence-corrected chi connectivity index (χ4v) is 2.75. The minimum absolute atomic E-state index is 0.642. The molecule has 1 aromatic heterocycles. The Kier molecular flexibility index (Phi) is 4.05. The highest BCUT2D eigenvalue weighted by atomic mass is 15.3. The van der Waals surface area contributed by atoms with Crippen LogP contribution in [-0.2, 0) is 7.05 Å². The van der Waals surface area contributed by atoms with Crippen LogP contribution in [0.25, 0.3) is 0 Å². The third-order valence-electron chi connectivity index (χ3n) is 3.85. The molecule has 1 unspecified atom stereocenters. The number of anilines is 1. The Hall–Kier alpha value is -1.03. The van der Waals surface area contributed by atoms with Gasteiger partial charge in [-0.2, -0.15) is 0 Å². The maximum atomic E-state index is 4.42. The second-order valence-corrected chi connectivity index (χ2v) is 5.01. The topological polar surface area (TPSA) is 33.1 Å². The number of hydrogen-bond acceptors (Lipinski definition) is 3. The minimum Gasteiger partial charge on any atom is -0.342 e. The molecule has 2 heterocycles. The first-order valence-electron chi connectivity index (χ1n) is 6.68. The van der Waals surface area contributed by atoms with E-state index in [9.17, 15) is 0 Å². The summed E-state index contributed by atoms with van der Waals surface area (Å²) in [5.74, 6) is 1.92. The van der Waals surface area contributed by atoms with Gasteiger partial charge in [-0.25, -0.2) is 4.98 Å². The van der Waals surface area contributed by atoms with E-state index in [-0.39, 0.29) is 0 Å². The molecule has 0 amide bonds. The number of imidazole rings is 1. The predicted octanol–water partition coefficient (Wildman–Crippen LogP) is 1.63. The van der Waals surface area contributed by atoms with Gasteiger partial charge < -0.3 is 14.8 Å². The summed E-state index contributed by atoms with van der Waals surface area (Å²) in [7, 11) is 2.07. The van der Waals surface area contributed by atoms with Crippen molar-refractivity contribution in [3.8, 4) is 0 Å². The molecule has 0 aliphatic carbocycles. The van der Waals surface area contributed by atoms with E-state index in [0.29, 0.717) is 6.04 Å². The molecule has 1 aliphatic heterocycles. The summed E-state index contributed by atoms with van der Waals surface area (Å²) < 4.78 is 2.11. The lowest BCUT2D eigenvalue weighted by molar-refractivity contribution is 0.313. The molecular formula is C13H24N4. The number of aryl methyl sites for hydroxylation is 1. The normalized spacial score (nSPS) is 19.6. The molecule has 0 saturated carbocycles. The van der Waals surface area contributed by atoms with Crippen LogP contribution in [0.1, 0.15) is 26.7 Å². The summed E-state index contributed by atoms with van der Waals surface area (Å²) in [6.45, 7) is 7.82. The van der Waals surface area contributed by atoms with Gasteiger partial charge in [0.1, 0.15) is 0 Å². The molecular weight excluding hydrogens is 212 g/mol. The van der Waals surface area contributed by atoms with Crippen molar-refractivity contribution in [1.82, 2.24) is 14.9 Å². The van der Waals surface area contributed by atoms with E-state index in [4.69, 9.17) is 0 Å². The van der Waals surface area contributed by atoms with Crippen molar-refractivity contribution in [2.45, 2.75) is 32.7 Å². The fraction of sp³-hybridized carbons (Fsp3) is 0.769. The SMILES string of the molecule is CCNC(C)C1CCN(c2nccn2C)CC1. The molecule has 4 heteroatoms. The molecule has 1 saturated heterocycles. The van der Waals surface area contributed by atoms with Crippen LogP contribution in [0.5, 0.6) is 0 Å². The average molecular weight is 236 g/mol. The van der Waals surface area contributed by atoms with E-state index in [2.05, 4.69) is 40.7 Å². The molecule has 1 atom stereocenters. The summed E-state index contributed by atoms with van der Waals surface area (Å²) in [4.78, 5) is 6.82. The zero-order valence-corrected chi connectivity index (χ0v) is 11.2. The Balaban J connectivity index is 1.88. The Morgan fingerprint density at radius 2 is 2.18 bits per heavy atom. The molecule has 4 nitrogen and oxygen atoms in total.